The number of nitrogens with one attached hydrogen (secondary N) is 1. The van der Waals surface area contributed by atoms with E-state index < -0.39 is 5.82 Å². The van der Waals surface area contributed by atoms with E-state index in [9.17, 15) is 9.18 Å². The number of aromatic nitrogens is 3. The first-order chi connectivity index (χ1) is 12.6. The molecule has 0 aliphatic carbocycles. The van der Waals surface area contributed by atoms with Crippen LogP contribution >= 0.6 is 11.6 Å². The molecule has 0 aliphatic rings. The van der Waals surface area contributed by atoms with Crippen molar-refractivity contribution < 1.29 is 18.3 Å². The molecule has 0 spiro atoms. The minimum absolute atomic E-state index is 0.0434. The minimum atomic E-state index is -0.459. The van der Waals surface area contributed by atoms with Gasteiger partial charge in [0.1, 0.15) is 17.8 Å². The molecule has 0 atom stereocenters. The fraction of sp³-hybridized carbons (Fsp3) is 0.176. The molecule has 7 nitrogen and oxygen atoms in total. The van der Waals surface area contributed by atoms with Gasteiger partial charge in [-0.15, -0.1) is 0 Å². The molecule has 3 aromatic rings. The summed E-state index contributed by atoms with van der Waals surface area (Å²) in [4.78, 5) is 24.2. The highest BCUT2D eigenvalue weighted by molar-refractivity contribution is 6.32. The number of oxazole rings is 1. The second-order valence-corrected chi connectivity index (χ2v) is 5.60. The van der Waals surface area contributed by atoms with Crippen LogP contribution in [0, 0.1) is 5.82 Å². The van der Waals surface area contributed by atoms with Crippen molar-refractivity contribution in [2.24, 2.45) is 0 Å². The van der Waals surface area contributed by atoms with Crippen LogP contribution in [0.15, 0.2) is 47.5 Å². The van der Waals surface area contributed by atoms with Gasteiger partial charge in [-0.25, -0.2) is 9.37 Å². The number of ether oxygens (including phenoxy) is 1. The summed E-state index contributed by atoms with van der Waals surface area (Å²) in [6, 6.07) is 3.77. The normalized spacial score (nSPS) is 10.5. The fourth-order valence-electron chi connectivity index (χ4n) is 2.07. The summed E-state index contributed by atoms with van der Waals surface area (Å²) in [6.45, 7) is 0.347. The molecule has 0 fully saturated rings. The lowest BCUT2D eigenvalue weighted by Gasteiger charge is -2.05. The Kier molecular flexibility index (Phi) is 5.75. The first-order valence-electron chi connectivity index (χ1n) is 7.67. The van der Waals surface area contributed by atoms with E-state index >= 15 is 0 Å². The van der Waals surface area contributed by atoms with Crippen molar-refractivity contribution in [1.82, 2.24) is 20.3 Å². The molecule has 0 aliphatic heterocycles. The van der Waals surface area contributed by atoms with Crippen molar-refractivity contribution in [1.29, 1.82) is 0 Å². The molecule has 0 saturated heterocycles. The zero-order valence-corrected chi connectivity index (χ0v) is 14.2. The maximum absolute atomic E-state index is 13.0. The quantitative estimate of drug-likeness (QED) is 0.682. The molecule has 0 saturated carbocycles. The Balaban J connectivity index is 1.49. The SMILES string of the molecule is O=C(NCCc1cnccn1)c1coc(COc2ccc(F)cc2Cl)n1. The van der Waals surface area contributed by atoms with Gasteiger partial charge < -0.3 is 14.5 Å². The average Bonchev–Trinajstić information content (AvgIpc) is 3.11. The smallest absolute Gasteiger partial charge is 0.273 e. The van der Waals surface area contributed by atoms with E-state index in [1.165, 1.54) is 18.4 Å². The average molecular weight is 377 g/mol. The topological polar surface area (TPSA) is 90.1 Å². The Morgan fingerprint density at radius 3 is 3.00 bits per heavy atom. The monoisotopic (exact) mass is 376 g/mol. The van der Waals surface area contributed by atoms with E-state index in [-0.39, 0.29) is 29.1 Å². The van der Waals surface area contributed by atoms with Crippen molar-refractivity contribution in [3.05, 3.63) is 71.2 Å². The van der Waals surface area contributed by atoms with Crippen LogP contribution in [0.5, 0.6) is 5.75 Å². The zero-order chi connectivity index (χ0) is 18.4. The number of halogens is 2. The van der Waals surface area contributed by atoms with E-state index in [4.69, 9.17) is 20.8 Å². The maximum Gasteiger partial charge on any atom is 0.273 e. The van der Waals surface area contributed by atoms with E-state index in [1.54, 1.807) is 18.6 Å². The largest absolute Gasteiger partial charge is 0.482 e. The number of nitrogens with zero attached hydrogens (tertiary/aromatic N) is 3. The zero-order valence-electron chi connectivity index (χ0n) is 13.5. The van der Waals surface area contributed by atoms with Gasteiger partial charge in [-0.1, -0.05) is 11.6 Å². The molecular weight excluding hydrogens is 363 g/mol. The lowest BCUT2D eigenvalue weighted by Crippen LogP contribution is -2.26. The van der Waals surface area contributed by atoms with Crippen molar-refractivity contribution in [2.75, 3.05) is 6.54 Å². The van der Waals surface area contributed by atoms with Gasteiger partial charge in [0.2, 0.25) is 5.89 Å². The Hall–Kier alpha value is -3.00. The Bertz CT molecular complexity index is 889. The van der Waals surface area contributed by atoms with Crippen molar-refractivity contribution in [3.8, 4) is 5.75 Å². The van der Waals surface area contributed by atoms with Gasteiger partial charge in [0.25, 0.3) is 5.91 Å². The highest BCUT2D eigenvalue weighted by Gasteiger charge is 2.13. The van der Waals surface area contributed by atoms with E-state index in [1.807, 2.05) is 0 Å². The van der Waals surface area contributed by atoms with Crippen LogP contribution in [0.2, 0.25) is 5.02 Å². The molecule has 2 aromatic heterocycles. The molecule has 1 amide bonds. The molecule has 0 bridgehead atoms. The lowest BCUT2D eigenvalue weighted by atomic mass is 10.3. The molecule has 1 N–H and O–H groups in total. The predicted octanol–water partition coefficient (Wildman–Crippen LogP) is 2.81. The van der Waals surface area contributed by atoms with Crippen LogP contribution in [-0.2, 0) is 13.0 Å². The molecule has 26 heavy (non-hydrogen) atoms. The van der Waals surface area contributed by atoms with Gasteiger partial charge >= 0.3 is 0 Å². The molecule has 1 aromatic carbocycles. The molecule has 0 unspecified atom stereocenters. The summed E-state index contributed by atoms with van der Waals surface area (Å²) >= 11 is 5.87. The maximum atomic E-state index is 13.0. The summed E-state index contributed by atoms with van der Waals surface area (Å²) in [7, 11) is 0. The van der Waals surface area contributed by atoms with E-state index in [2.05, 4.69) is 20.3 Å². The van der Waals surface area contributed by atoms with Crippen LogP contribution in [-0.4, -0.2) is 27.4 Å². The highest BCUT2D eigenvalue weighted by atomic mass is 35.5. The van der Waals surface area contributed by atoms with E-state index in [0.717, 1.165) is 11.8 Å². The molecule has 0 radical (unpaired) electrons. The van der Waals surface area contributed by atoms with Crippen molar-refractivity contribution in [2.45, 2.75) is 13.0 Å². The summed E-state index contributed by atoms with van der Waals surface area (Å²) < 4.78 is 23.6. The van der Waals surface area contributed by atoms with Crippen molar-refractivity contribution in [3.63, 3.8) is 0 Å². The van der Waals surface area contributed by atoms with Gasteiger partial charge in [0.15, 0.2) is 12.3 Å². The van der Waals surface area contributed by atoms with Gasteiger partial charge in [-0.3, -0.25) is 14.8 Å². The van der Waals surface area contributed by atoms with E-state index in [0.29, 0.717) is 18.7 Å². The summed E-state index contributed by atoms with van der Waals surface area (Å²) in [5.41, 5.74) is 0.908. The van der Waals surface area contributed by atoms with Gasteiger partial charge in [-0.2, -0.15) is 0 Å². The summed E-state index contributed by atoms with van der Waals surface area (Å²) in [6.07, 6.45) is 6.60. The molecular formula is C17H14ClFN4O3. The first-order valence-corrected chi connectivity index (χ1v) is 8.05. The number of carbonyl (C=O) groups excluding carboxylic acids is 1. The number of benzene rings is 1. The second kappa shape index (κ2) is 8.39. The number of carbonyl (C=O) groups is 1. The highest BCUT2D eigenvalue weighted by Crippen LogP contribution is 2.25. The third-order valence-electron chi connectivity index (χ3n) is 3.31. The number of rotatable bonds is 7. The van der Waals surface area contributed by atoms with Crippen LogP contribution in [0.3, 0.4) is 0 Å². The summed E-state index contributed by atoms with van der Waals surface area (Å²) in [5.74, 6) is -0.340. The Morgan fingerprint density at radius 1 is 1.35 bits per heavy atom. The molecule has 134 valence electrons. The second-order valence-electron chi connectivity index (χ2n) is 5.19. The minimum Gasteiger partial charge on any atom is -0.482 e. The van der Waals surface area contributed by atoms with Crippen molar-refractivity contribution >= 4 is 17.5 Å². The Labute approximate surface area is 153 Å². The van der Waals surface area contributed by atoms with Crippen LogP contribution in [0.25, 0.3) is 0 Å². The van der Waals surface area contributed by atoms with Gasteiger partial charge in [-0.05, 0) is 18.2 Å². The fourth-order valence-corrected chi connectivity index (χ4v) is 2.29. The van der Waals surface area contributed by atoms with Crippen LogP contribution in [0.4, 0.5) is 4.39 Å². The third-order valence-corrected chi connectivity index (χ3v) is 3.61. The number of amides is 1. The van der Waals surface area contributed by atoms with Crippen LogP contribution in [0.1, 0.15) is 22.1 Å². The predicted molar refractivity (Wildman–Crippen MR) is 90.3 cm³/mol. The molecule has 3 rings (SSSR count). The first kappa shape index (κ1) is 17.8. The van der Waals surface area contributed by atoms with Crippen LogP contribution < -0.4 is 10.1 Å². The third kappa shape index (κ3) is 4.76. The summed E-state index contributed by atoms with van der Waals surface area (Å²) in [5, 5.41) is 2.85. The molecule has 2 heterocycles. The number of hydrogen-bond donors (Lipinski definition) is 1. The Morgan fingerprint density at radius 2 is 2.23 bits per heavy atom. The standard InChI is InChI=1S/C17H14ClFN4O3/c18-13-7-11(19)1-2-15(13)25-10-16-23-14(9-26-16)17(24)22-4-3-12-8-20-5-6-21-12/h1-2,5-9H,3-4,10H2,(H,22,24). The lowest BCUT2D eigenvalue weighted by molar-refractivity contribution is 0.0949. The van der Waals surface area contributed by atoms with Gasteiger partial charge in [0, 0.05) is 31.6 Å². The number of hydrogen-bond acceptors (Lipinski definition) is 6. The molecule has 9 heteroatoms. The van der Waals surface area contributed by atoms with Gasteiger partial charge in [0.05, 0.1) is 10.7 Å².